The minimum atomic E-state index is 0.564. The standard InChI is InChI=1S/C19H17N7OS/c1-11-13(7-10-27-11)17-24-25-19(26(17)20)28-18-14-3-2-4-15(14)22-16(23-18)12-5-8-21-9-6-12/h5-10H,2-4,20H2,1H3. The van der Waals surface area contributed by atoms with Crippen molar-refractivity contribution in [2.45, 2.75) is 36.4 Å². The summed E-state index contributed by atoms with van der Waals surface area (Å²) in [6.45, 7) is 1.87. The molecule has 140 valence electrons. The summed E-state index contributed by atoms with van der Waals surface area (Å²) in [4.78, 5) is 13.6. The molecular weight excluding hydrogens is 374 g/mol. The molecule has 1 aliphatic rings. The first-order valence-electron chi connectivity index (χ1n) is 8.93. The van der Waals surface area contributed by atoms with E-state index in [2.05, 4.69) is 15.2 Å². The number of aryl methyl sites for hydroxylation is 2. The van der Waals surface area contributed by atoms with Crippen LogP contribution in [-0.4, -0.2) is 29.8 Å². The quantitative estimate of drug-likeness (QED) is 0.418. The predicted molar refractivity (Wildman–Crippen MR) is 104 cm³/mol. The van der Waals surface area contributed by atoms with Crippen LogP contribution in [0.15, 0.2) is 51.5 Å². The second-order valence-corrected chi connectivity index (χ2v) is 7.49. The van der Waals surface area contributed by atoms with Gasteiger partial charge in [0.2, 0.25) is 5.16 Å². The molecule has 4 heterocycles. The van der Waals surface area contributed by atoms with Crippen molar-refractivity contribution in [1.29, 1.82) is 0 Å². The summed E-state index contributed by atoms with van der Waals surface area (Å²) in [7, 11) is 0. The van der Waals surface area contributed by atoms with Crippen molar-refractivity contribution in [1.82, 2.24) is 29.8 Å². The largest absolute Gasteiger partial charge is 0.469 e. The van der Waals surface area contributed by atoms with E-state index in [1.165, 1.54) is 22.0 Å². The maximum Gasteiger partial charge on any atom is 0.216 e. The highest BCUT2D eigenvalue weighted by Gasteiger charge is 2.23. The molecule has 0 amide bonds. The van der Waals surface area contributed by atoms with Crippen molar-refractivity contribution in [2.75, 3.05) is 5.84 Å². The molecule has 0 unspecified atom stereocenters. The Hall–Kier alpha value is -3.20. The Kier molecular flexibility index (Phi) is 4.09. The van der Waals surface area contributed by atoms with E-state index in [-0.39, 0.29) is 0 Å². The number of pyridine rings is 1. The molecule has 0 bridgehead atoms. The third kappa shape index (κ3) is 2.84. The molecule has 2 N–H and O–H groups in total. The monoisotopic (exact) mass is 391 g/mol. The van der Waals surface area contributed by atoms with Crippen molar-refractivity contribution in [2.24, 2.45) is 0 Å². The van der Waals surface area contributed by atoms with Crippen LogP contribution in [0, 0.1) is 6.92 Å². The van der Waals surface area contributed by atoms with Crippen LogP contribution >= 0.6 is 11.8 Å². The third-order valence-corrected chi connectivity index (χ3v) is 5.78. The molecule has 0 saturated carbocycles. The van der Waals surface area contributed by atoms with Crippen LogP contribution in [-0.2, 0) is 12.8 Å². The van der Waals surface area contributed by atoms with Gasteiger partial charge in [0.25, 0.3) is 0 Å². The molecule has 0 spiro atoms. The molecule has 0 aromatic carbocycles. The van der Waals surface area contributed by atoms with Gasteiger partial charge < -0.3 is 10.3 Å². The van der Waals surface area contributed by atoms with E-state index in [0.29, 0.717) is 16.8 Å². The number of aromatic nitrogens is 6. The third-order valence-electron chi connectivity index (χ3n) is 4.79. The van der Waals surface area contributed by atoms with Crippen molar-refractivity contribution in [3.05, 3.63) is 53.9 Å². The number of rotatable bonds is 4. The molecule has 0 atom stereocenters. The Morgan fingerprint density at radius 2 is 1.96 bits per heavy atom. The average Bonchev–Trinajstić information content (AvgIpc) is 3.44. The molecule has 4 aromatic rings. The zero-order chi connectivity index (χ0) is 19.1. The zero-order valence-corrected chi connectivity index (χ0v) is 16.0. The van der Waals surface area contributed by atoms with E-state index in [9.17, 15) is 0 Å². The summed E-state index contributed by atoms with van der Waals surface area (Å²) >= 11 is 1.42. The Morgan fingerprint density at radius 3 is 2.75 bits per heavy atom. The van der Waals surface area contributed by atoms with Crippen molar-refractivity contribution in [3.63, 3.8) is 0 Å². The molecule has 28 heavy (non-hydrogen) atoms. The minimum absolute atomic E-state index is 0.564. The lowest BCUT2D eigenvalue weighted by Gasteiger charge is -2.09. The number of fused-ring (bicyclic) bond motifs is 1. The molecule has 0 aliphatic heterocycles. The van der Waals surface area contributed by atoms with Crippen LogP contribution < -0.4 is 5.84 Å². The lowest BCUT2D eigenvalue weighted by molar-refractivity contribution is 0.535. The van der Waals surface area contributed by atoms with Crippen LogP contribution in [0.5, 0.6) is 0 Å². The minimum Gasteiger partial charge on any atom is -0.469 e. The van der Waals surface area contributed by atoms with Crippen molar-refractivity contribution in [3.8, 4) is 22.8 Å². The highest BCUT2D eigenvalue weighted by atomic mass is 32.2. The number of furan rings is 1. The van der Waals surface area contributed by atoms with E-state index in [1.54, 1.807) is 18.7 Å². The first-order valence-corrected chi connectivity index (χ1v) is 9.75. The maximum atomic E-state index is 6.28. The van der Waals surface area contributed by atoms with Gasteiger partial charge in [0.15, 0.2) is 11.6 Å². The highest BCUT2D eigenvalue weighted by molar-refractivity contribution is 7.99. The fourth-order valence-electron chi connectivity index (χ4n) is 3.35. The van der Waals surface area contributed by atoms with Gasteiger partial charge in [-0.15, -0.1) is 10.2 Å². The lowest BCUT2D eigenvalue weighted by atomic mass is 10.2. The van der Waals surface area contributed by atoms with Gasteiger partial charge in [-0.2, -0.15) is 0 Å². The topological polar surface area (TPSA) is 109 Å². The Bertz CT molecular complexity index is 1150. The Balaban J connectivity index is 1.55. The van der Waals surface area contributed by atoms with Gasteiger partial charge in [-0.3, -0.25) is 4.98 Å². The van der Waals surface area contributed by atoms with Gasteiger partial charge >= 0.3 is 0 Å². The van der Waals surface area contributed by atoms with Gasteiger partial charge in [-0.1, -0.05) is 0 Å². The SMILES string of the molecule is Cc1occc1-c1nnc(Sc2nc(-c3ccncc3)nc3c2CCC3)n1N. The van der Waals surface area contributed by atoms with Gasteiger partial charge in [0, 0.05) is 29.2 Å². The van der Waals surface area contributed by atoms with E-state index in [1.807, 2.05) is 25.1 Å². The first kappa shape index (κ1) is 16.9. The number of nitrogens with zero attached hydrogens (tertiary/aromatic N) is 6. The Labute approximate surface area is 165 Å². The fourth-order valence-corrected chi connectivity index (χ4v) is 4.26. The number of hydrogen-bond acceptors (Lipinski definition) is 8. The predicted octanol–water partition coefficient (Wildman–Crippen LogP) is 3.05. The van der Waals surface area contributed by atoms with E-state index in [0.717, 1.165) is 46.9 Å². The fraction of sp³-hybridized carbons (Fsp3) is 0.211. The average molecular weight is 391 g/mol. The van der Waals surface area contributed by atoms with Gasteiger partial charge in [0.05, 0.1) is 11.8 Å². The second-order valence-electron chi connectivity index (χ2n) is 6.54. The van der Waals surface area contributed by atoms with Gasteiger partial charge in [-0.05, 0) is 56.1 Å². The molecule has 4 aromatic heterocycles. The summed E-state index contributed by atoms with van der Waals surface area (Å²) in [5, 5.41) is 9.97. The van der Waals surface area contributed by atoms with Crippen LogP contribution in [0.4, 0.5) is 0 Å². The summed E-state index contributed by atoms with van der Waals surface area (Å²) in [5.74, 6) is 8.29. The van der Waals surface area contributed by atoms with Gasteiger partial charge in [0.1, 0.15) is 10.8 Å². The molecule has 0 saturated heterocycles. The normalized spacial score (nSPS) is 13.0. The number of nitrogens with two attached hydrogens (primary N) is 1. The molecule has 0 radical (unpaired) electrons. The summed E-state index contributed by atoms with van der Waals surface area (Å²) < 4.78 is 6.84. The summed E-state index contributed by atoms with van der Waals surface area (Å²) in [5.41, 5.74) is 4.04. The Morgan fingerprint density at radius 1 is 1.11 bits per heavy atom. The van der Waals surface area contributed by atoms with Crippen LogP contribution in [0.1, 0.15) is 23.4 Å². The molecule has 1 aliphatic carbocycles. The molecule has 8 nitrogen and oxygen atoms in total. The number of hydrogen-bond donors (Lipinski definition) is 1. The van der Waals surface area contributed by atoms with Crippen molar-refractivity contribution < 1.29 is 4.42 Å². The van der Waals surface area contributed by atoms with E-state index >= 15 is 0 Å². The lowest BCUT2D eigenvalue weighted by Crippen LogP contribution is -2.12. The maximum absolute atomic E-state index is 6.28. The smallest absolute Gasteiger partial charge is 0.216 e. The number of nitrogen functional groups attached to an aromatic ring is 1. The van der Waals surface area contributed by atoms with Crippen molar-refractivity contribution >= 4 is 11.8 Å². The zero-order valence-electron chi connectivity index (χ0n) is 15.2. The van der Waals surface area contributed by atoms with E-state index < -0.39 is 0 Å². The summed E-state index contributed by atoms with van der Waals surface area (Å²) in [6.07, 6.45) is 8.10. The summed E-state index contributed by atoms with van der Waals surface area (Å²) in [6, 6.07) is 5.66. The van der Waals surface area contributed by atoms with Crippen LogP contribution in [0.2, 0.25) is 0 Å². The molecule has 5 rings (SSSR count). The molecular formula is C19H17N7OS. The van der Waals surface area contributed by atoms with Crippen LogP contribution in [0.3, 0.4) is 0 Å². The first-order chi connectivity index (χ1) is 13.7. The van der Waals surface area contributed by atoms with E-state index in [4.69, 9.17) is 20.2 Å². The molecule has 0 fully saturated rings. The molecule has 9 heteroatoms. The second kappa shape index (κ2) is 6.75. The highest BCUT2D eigenvalue weighted by Crippen LogP contribution is 2.35. The van der Waals surface area contributed by atoms with Gasteiger partial charge in [-0.25, -0.2) is 14.6 Å². The van der Waals surface area contributed by atoms with Crippen LogP contribution in [0.25, 0.3) is 22.8 Å².